The van der Waals surface area contributed by atoms with Gasteiger partial charge in [0, 0.05) is 16.8 Å². The molecule has 0 radical (unpaired) electrons. The number of aliphatic imine (C=N–C) groups is 2. The van der Waals surface area contributed by atoms with Crippen LogP contribution in [0.1, 0.15) is 11.3 Å². The summed E-state index contributed by atoms with van der Waals surface area (Å²) in [5, 5.41) is 4.39. The second-order valence-corrected chi connectivity index (χ2v) is 5.43. The lowest BCUT2D eigenvalue weighted by Gasteiger charge is -2.07. The SMILES string of the molecule is COC(=O)/C=N/NC1=Nc2ccc(Cl)cc2C(c2ccccn2)=NC1. The van der Waals surface area contributed by atoms with Gasteiger partial charge in [-0.1, -0.05) is 17.7 Å². The van der Waals surface area contributed by atoms with Crippen LogP contribution in [0.4, 0.5) is 5.69 Å². The minimum atomic E-state index is -0.563. The summed E-state index contributed by atoms with van der Waals surface area (Å²) >= 11 is 6.14. The number of nitrogens with zero attached hydrogens (tertiary/aromatic N) is 4. The van der Waals surface area contributed by atoms with Crippen LogP contribution in [-0.4, -0.2) is 42.4 Å². The molecule has 0 fully saturated rings. The van der Waals surface area contributed by atoms with Crippen molar-refractivity contribution in [3.05, 3.63) is 58.9 Å². The van der Waals surface area contributed by atoms with Gasteiger partial charge in [-0.05, 0) is 30.3 Å². The van der Waals surface area contributed by atoms with Gasteiger partial charge in [-0.2, -0.15) is 5.10 Å². The molecule has 0 spiro atoms. The van der Waals surface area contributed by atoms with E-state index >= 15 is 0 Å². The molecule has 1 aromatic heterocycles. The average Bonchev–Trinajstić information content (AvgIpc) is 2.81. The fourth-order valence-corrected chi connectivity index (χ4v) is 2.38. The molecule has 0 saturated carbocycles. The molecule has 0 amide bonds. The van der Waals surface area contributed by atoms with Crippen LogP contribution in [0.15, 0.2) is 57.7 Å². The van der Waals surface area contributed by atoms with E-state index in [9.17, 15) is 4.79 Å². The van der Waals surface area contributed by atoms with Gasteiger partial charge in [0.15, 0.2) is 0 Å². The molecule has 7 nitrogen and oxygen atoms in total. The van der Waals surface area contributed by atoms with Crippen molar-refractivity contribution in [2.45, 2.75) is 0 Å². The minimum Gasteiger partial charge on any atom is -0.465 e. The summed E-state index contributed by atoms with van der Waals surface area (Å²) < 4.78 is 4.49. The molecule has 0 atom stereocenters. The highest BCUT2D eigenvalue weighted by molar-refractivity contribution is 6.31. The number of amidine groups is 1. The number of nitrogens with one attached hydrogen (secondary N) is 1. The number of benzene rings is 1. The maximum atomic E-state index is 11.1. The molecule has 1 N–H and O–H groups in total. The molecular formula is C17H14ClN5O2. The van der Waals surface area contributed by atoms with Gasteiger partial charge < -0.3 is 4.74 Å². The van der Waals surface area contributed by atoms with E-state index in [1.807, 2.05) is 18.2 Å². The van der Waals surface area contributed by atoms with Gasteiger partial charge in [-0.15, -0.1) is 0 Å². The zero-order chi connectivity index (χ0) is 17.6. The van der Waals surface area contributed by atoms with Gasteiger partial charge in [0.1, 0.15) is 12.1 Å². The van der Waals surface area contributed by atoms with Crippen molar-refractivity contribution in [1.82, 2.24) is 10.4 Å². The van der Waals surface area contributed by atoms with Crippen molar-refractivity contribution < 1.29 is 9.53 Å². The Bertz CT molecular complexity index is 878. The van der Waals surface area contributed by atoms with Crippen LogP contribution < -0.4 is 5.43 Å². The zero-order valence-electron chi connectivity index (χ0n) is 13.3. The Morgan fingerprint density at radius 1 is 1.36 bits per heavy atom. The van der Waals surface area contributed by atoms with Gasteiger partial charge in [0.2, 0.25) is 0 Å². The van der Waals surface area contributed by atoms with Gasteiger partial charge in [0.05, 0.1) is 30.7 Å². The zero-order valence-corrected chi connectivity index (χ0v) is 14.1. The number of halogens is 1. The number of fused-ring (bicyclic) bond motifs is 1. The molecule has 0 bridgehead atoms. The lowest BCUT2D eigenvalue weighted by atomic mass is 10.0. The standard InChI is InChI=1S/C17H14ClN5O2/c1-25-16(24)10-21-23-15-9-20-17(14-4-2-3-7-19-14)12-8-11(18)5-6-13(12)22-15/h2-8,10H,9H2,1H3,(H,22,23)/b21-10+. The molecular weight excluding hydrogens is 342 g/mol. The Morgan fingerprint density at radius 2 is 2.24 bits per heavy atom. The fraction of sp³-hybridized carbons (Fsp3) is 0.118. The van der Waals surface area contributed by atoms with Crippen molar-refractivity contribution >= 4 is 41.0 Å². The Morgan fingerprint density at radius 3 is 3.00 bits per heavy atom. The molecule has 25 heavy (non-hydrogen) atoms. The van der Waals surface area contributed by atoms with Crippen LogP contribution in [0.3, 0.4) is 0 Å². The van der Waals surface area contributed by atoms with Crippen molar-refractivity contribution in [2.24, 2.45) is 15.1 Å². The first-order valence-corrected chi connectivity index (χ1v) is 7.75. The summed E-state index contributed by atoms with van der Waals surface area (Å²) in [6.45, 7) is 0.247. The van der Waals surface area contributed by atoms with E-state index in [2.05, 4.69) is 30.2 Å². The van der Waals surface area contributed by atoms with Gasteiger partial charge in [0.25, 0.3) is 0 Å². The van der Waals surface area contributed by atoms with Crippen LogP contribution in [0, 0.1) is 0 Å². The Kier molecular flexibility index (Phi) is 5.15. The molecule has 1 aliphatic rings. The second kappa shape index (κ2) is 7.67. The van der Waals surface area contributed by atoms with Crippen molar-refractivity contribution in [3.63, 3.8) is 0 Å². The van der Waals surface area contributed by atoms with E-state index in [1.54, 1.807) is 24.4 Å². The molecule has 1 aromatic carbocycles. The Balaban J connectivity index is 1.97. The summed E-state index contributed by atoms with van der Waals surface area (Å²) in [5.41, 5.74) is 5.59. The lowest BCUT2D eigenvalue weighted by Crippen LogP contribution is -2.21. The fourth-order valence-electron chi connectivity index (χ4n) is 2.21. The maximum Gasteiger partial charge on any atom is 0.350 e. The Labute approximate surface area is 149 Å². The number of esters is 1. The van der Waals surface area contributed by atoms with Crippen molar-refractivity contribution in [3.8, 4) is 0 Å². The molecule has 1 aliphatic heterocycles. The highest BCUT2D eigenvalue weighted by Gasteiger charge is 2.17. The summed E-state index contributed by atoms with van der Waals surface area (Å²) in [4.78, 5) is 24.6. The first-order valence-electron chi connectivity index (χ1n) is 7.38. The van der Waals surface area contributed by atoms with E-state index in [1.165, 1.54) is 7.11 Å². The van der Waals surface area contributed by atoms with Crippen LogP contribution in [0.5, 0.6) is 0 Å². The summed E-state index contributed by atoms with van der Waals surface area (Å²) in [5.74, 6) is -0.0822. The predicted octanol–water partition coefficient (Wildman–Crippen LogP) is 2.36. The summed E-state index contributed by atoms with van der Waals surface area (Å²) in [6, 6.07) is 10.9. The normalized spacial score (nSPS) is 13.5. The number of methoxy groups -OCH3 is 1. The molecule has 2 aromatic rings. The number of ether oxygens (including phenoxy) is 1. The van der Waals surface area contributed by atoms with E-state index in [0.717, 1.165) is 17.5 Å². The first-order chi connectivity index (χ1) is 12.2. The topological polar surface area (TPSA) is 88.3 Å². The lowest BCUT2D eigenvalue weighted by molar-refractivity contribution is -0.132. The first kappa shape index (κ1) is 16.8. The molecule has 0 saturated heterocycles. The third-order valence-corrected chi connectivity index (χ3v) is 3.56. The number of hydrazone groups is 1. The van der Waals surface area contributed by atoms with Gasteiger partial charge >= 0.3 is 5.97 Å². The van der Waals surface area contributed by atoms with Crippen LogP contribution in [-0.2, 0) is 9.53 Å². The molecule has 2 heterocycles. The number of rotatable bonds is 3. The average molecular weight is 356 g/mol. The van der Waals surface area contributed by atoms with E-state index in [0.29, 0.717) is 22.3 Å². The van der Waals surface area contributed by atoms with Crippen LogP contribution >= 0.6 is 11.6 Å². The Hall–Kier alpha value is -3.06. The minimum absolute atomic E-state index is 0.247. The largest absolute Gasteiger partial charge is 0.465 e. The number of pyridine rings is 1. The van der Waals surface area contributed by atoms with Crippen LogP contribution in [0.2, 0.25) is 5.02 Å². The van der Waals surface area contributed by atoms with Crippen molar-refractivity contribution in [2.75, 3.05) is 13.7 Å². The summed E-state index contributed by atoms with van der Waals surface area (Å²) in [7, 11) is 1.28. The van der Waals surface area contributed by atoms with Gasteiger partial charge in [-0.3, -0.25) is 15.4 Å². The monoisotopic (exact) mass is 355 g/mol. The smallest absolute Gasteiger partial charge is 0.350 e. The van der Waals surface area contributed by atoms with E-state index < -0.39 is 5.97 Å². The van der Waals surface area contributed by atoms with Gasteiger partial charge in [-0.25, -0.2) is 9.79 Å². The van der Waals surface area contributed by atoms with E-state index in [-0.39, 0.29) is 6.54 Å². The third-order valence-electron chi connectivity index (χ3n) is 3.33. The summed E-state index contributed by atoms with van der Waals surface area (Å²) in [6.07, 6.45) is 2.73. The molecule has 126 valence electrons. The van der Waals surface area contributed by atoms with Crippen molar-refractivity contribution in [1.29, 1.82) is 0 Å². The molecule has 0 aliphatic carbocycles. The number of hydrogen-bond donors (Lipinski definition) is 1. The maximum absolute atomic E-state index is 11.1. The molecule has 0 unspecified atom stereocenters. The molecule has 8 heteroatoms. The van der Waals surface area contributed by atoms with E-state index in [4.69, 9.17) is 11.6 Å². The second-order valence-electron chi connectivity index (χ2n) is 4.99. The highest BCUT2D eigenvalue weighted by atomic mass is 35.5. The number of carbonyl (C=O) groups excluding carboxylic acids is 1. The van der Waals surface area contributed by atoms with Crippen LogP contribution in [0.25, 0.3) is 0 Å². The predicted molar refractivity (Wildman–Crippen MR) is 96.9 cm³/mol. The quantitative estimate of drug-likeness (QED) is 0.520. The highest BCUT2D eigenvalue weighted by Crippen LogP contribution is 2.27. The molecule has 3 rings (SSSR count). The number of aromatic nitrogens is 1. The number of carbonyl (C=O) groups is 1. The number of hydrogen-bond acceptors (Lipinski definition) is 7. The third kappa shape index (κ3) is 4.07.